The lowest BCUT2D eigenvalue weighted by Crippen LogP contribution is -2.43. The minimum Gasteiger partial charge on any atom is -0.481 e. The van der Waals surface area contributed by atoms with Crippen molar-refractivity contribution < 1.29 is 14.6 Å². The van der Waals surface area contributed by atoms with Gasteiger partial charge in [-0.15, -0.1) is 0 Å². The van der Waals surface area contributed by atoms with Gasteiger partial charge in [-0.3, -0.25) is 4.79 Å². The largest absolute Gasteiger partial charge is 0.481 e. The third-order valence-corrected chi connectivity index (χ3v) is 2.77. The zero-order chi connectivity index (χ0) is 13.5. The van der Waals surface area contributed by atoms with E-state index in [4.69, 9.17) is 21.4 Å². The standard InChI is InChI=1S/C13H18ClNO3/c1-3-11(8-16)15-13(17)9(2)18-12-6-4-5-10(14)7-12/h4-7,9,11,16H,3,8H2,1-2H3,(H,15,17)/t9?,11-/m1/s1. The van der Waals surface area contributed by atoms with E-state index in [2.05, 4.69) is 5.32 Å². The van der Waals surface area contributed by atoms with Crippen molar-refractivity contribution in [1.29, 1.82) is 0 Å². The van der Waals surface area contributed by atoms with E-state index in [1.807, 2.05) is 6.92 Å². The molecule has 0 aliphatic carbocycles. The minimum atomic E-state index is -0.635. The zero-order valence-electron chi connectivity index (χ0n) is 10.5. The summed E-state index contributed by atoms with van der Waals surface area (Å²) in [7, 11) is 0. The van der Waals surface area contributed by atoms with Crippen molar-refractivity contribution in [2.24, 2.45) is 0 Å². The van der Waals surface area contributed by atoms with Crippen LogP contribution < -0.4 is 10.1 Å². The second-order valence-electron chi connectivity index (χ2n) is 4.01. The van der Waals surface area contributed by atoms with Crippen molar-refractivity contribution in [3.05, 3.63) is 29.3 Å². The van der Waals surface area contributed by atoms with E-state index in [0.717, 1.165) is 0 Å². The van der Waals surface area contributed by atoms with Crippen molar-refractivity contribution in [2.45, 2.75) is 32.4 Å². The predicted molar refractivity (Wildman–Crippen MR) is 70.8 cm³/mol. The molecule has 5 heteroatoms. The van der Waals surface area contributed by atoms with Crippen LogP contribution >= 0.6 is 11.6 Å². The first kappa shape index (κ1) is 14.8. The molecule has 4 nitrogen and oxygen atoms in total. The normalized spacial score (nSPS) is 13.8. The molecule has 0 saturated heterocycles. The van der Waals surface area contributed by atoms with Crippen LogP contribution in [0.4, 0.5) is 0 Å². The number of benzene rings is 1. The summed E-state index contributed by atoms with van der Waals surface area (Å²) in [4.78, 5) is 11.8. The first-order valence-corrected chi connectivity index (χ1v) is 6.28. The van der Waals surface area contributed by atoms with Gasteiger partial charge in [0.1, 0.15) is 5.75 Å². The highest BCUT2D eigenvalue weighted by atomic mass is 35.5. The first-order valence-electron chi connectivity index (χ1n) is 5.90. The van der Waals surface area contributed by atoms with E-state index in [1.165, 1.54) is 0 Å². The lowest BCUT2D eigenvalue weighted by atomic mass is 10.2. The Bertz CT molecular complexity index is 394. The van der Waals surface area contributed by atoms with E-state index in [0.29, 0.717) is 17.2 Å². The van der Waals surface area contributed by atoms with E-state index < -0.39 is 6.10 Å². The monoisotopic (exact) mass is 271 g/mol. The van der Waals surface area contributed by atoms with Crippen LogP contribution in [0.5, 0.6) is 5.75 Å². The van der Waals surface area contributed by atoms with Gasteiger partial charge in [-0.25, -0.2) is 0 Å². The number of halogens is 1. The Morgan fingerprint density at radius 1 is 1.56 bits per heavy atom. The quantitative estimate of drug-likeness (QED) is 0.832. The van der Waals surface area contributed by atoms with Crippen molar-refractivity contribution >= 4 is 17.5 Å². The zero-order valence-corrected chi connectivity index (χ0v) is 11.3. The summed E-state index contributed by atoms with van der Waals surface area (Å²) in [6, 6.07) is 6.64. The number of ether oxygens (including phenoxy) is 1. The first-order chi connectivity index (χ1) is 8.56. The van der Waals surface area contributed by atoms with E-state index >= 15 is 0 Å². The Hall–Kier alpha value is -1.26. The Morgan fingerprint density at radius 2 is 2.28 bits per heavy atom. The van der Waals surface area contributed by atoms with Gasteiger partial charge in [0.15, 0.2) is 6.10 Å². The summed E-state index contributed by atoms with van der Waals surface area (Å²) in [5.41, 5.74) is 0. The second-order valence-corrected chi connectivity index (χ2v) is 4.45. The summed E-state index contributed by atoms with van der Waals surface area (Å²) in [6.45, 7) is 3.47. The minimum absolute atomic E-state index is 0.0773. The molecule has 2 N–H and O–H groups in total. The third kappa shape index (κ3) is 4.55. The molecule has 1 aromatic rings. The number of hydrogen-bond donors (Lipinski definition) is 2. The van der Waals surface area contributed by atoms with Gasteiger partial charge in [-0.2, -0.15) is 0 Å². The maximum absolute atomic E-state index is 11.8. The Kier molecular flexibility index (Phi) is 5.95. The third-order valence-electron chi connectivity index (χ3n) is 2.54. The molecule has 1 aromatic carbocycles. The molecule has 0 spiro atoms. The Balaban J connectivity index is 2.54. The molecule has 0 aliphatic heterocycles. The van der Waals surface area contributed by atoms with Gasteiger partial charge < -0.3 is 15.2 Å². The molecule has 100 valence electrons. The molecule has 1 rings (SSSR count). The molecule has 1 unspecified atom stereocenters. The highest BCUT2D eigenvalue weighted by molar-refractivity contribution is 6.30. The topological polar surface area (TPSA) is 58.6 Å². The van der Waals surface area contributed by atoms with Crippen LogP contribution in [0, 0.1) is 0 Å². The smallest absolute Gasteiger partial charge is 0.261 e. The molecular weight excluding hydrogens is 254 g/mol. The second kappa shape index (κ2) is 7.24. The Morgan fingerprint density at radius 3 is 2.83 bits per heavy atom. The Labute approximate surface area is 112 Å². The number of aliphatic hydroxyl groups excluding tert-OH is 1. The van der Waals surface area contributed by atoms with Crippen molar-refractivity contribution in [2.75, 3.05) is 6.61 Å². The highest BCUT2D eigenvalue weighted by Gasteiger charge is 2.17. The van der Waals surface area contributed by atoms with E-state index in [1.54, 1.807) is 31.2 Å². The highest BCUT2D eigenvalue weighted by Crippen LogP contribution is 2.18. The number of amides is 1. The molecule has 0 heterocycles. The van der Waals surface area contributed by atoms with Crippen LogP contribution in [0.25, 0.3) is 0 Å². The van der Waals surface area contributed by atoms with Gasteiger partial charge in [0.05, 0.1) is 12.6 Å². The maximum atomic E-state index is 11.8. The average molecular weight is 272 g/mol. The molecule has 0 aromatic heterocycles. The number of rotatable bonds is 6. The van der Waals surface area contributed by atoms with Crippen LogP contribution in [0.15, 0.2) is 24.3 Å². The predicted octanol–water partition coefficient (Wildman–Crippen LogP) is 1.99. The number of carbonyl (C=O) groups is 1. The van der Waals surface area contributed by atoms with E-state index in [9.17, 15) is 4.79 Å². The molecule has 2 atom stereocenters. The maximum Gasteiger partial charge on any atom is 0.261 e. The molecule has 0 fully saturated rings. The number of nitrogens with one attached hydrogen (secondary N) is 1. The molecule has 0 radical (unpaired) electrons. The van der Waals surface area contributed by atoms with Gasteiger partial charge >= 0.3 is 0 Å². The van der Waals surface area contributed by atoms with Gasteiger partial charge in [-0.05, 0) is 31.5 Å². The van der Waals surface area contributed by atoms with Crippen molar-refractivity contribution in [3.63, 3.8) is 0 Å². The molecular formula is C13H18ClNO3. The van der Waals surface area contributed by atoms with E-state index in [-0.39, 0.29) is 18.6 Å². The average Bonchev–Trinajstić information content (AvgIpc) is 2.35. The summed E-state index contributed by atoms with van der Waals surface area (Å²) in [5.74, 6) is 0.290. The molecule has 0 aliphatic rings. The molecule has 1 amide bonds. The van der Waals surface area contributed by atoms with Crippen molar-refractivity contribution in [1.82, 2.24) is 5.32 Å². The SMILES string of the molecule is CC[C@H](CO)NC(=O)C(C)Oc1cccc(Cl)c1. The number of aliphatic hydroxyl groups is 1. The fourth-order valence-corrected chi connectivity index (χ4v) is 1.57. The lowest BCUT2D eigenvalue weighted by Gasteiger charge is -2.19. The number of hydrogen-bond acceptors (Lipinski definition) is 3. The summed E-state index contributed by atoms with van der Waals surface area (Å²) >= 11 is 5.82. The molecule has 18 heavy (non-hydrogen) atoms. The summed E-state index contributed by atoms with van der Waals surface area (Å²) in [5, 5.41) is 12.3. The van der Waals surface area contributed by atoms with Crippen LogP contribution in [0.1, 0.15) is 20.3 Å². The van der Waals surface area contributed by atoms with Crippen LogP contribution in [-0.2, 0) is 4.79 Å². The van der Waals surface area contributed by atoms with Gasteiger partial charge in [0.25, 0.3) is 5.91 Å². The van der Waals surface area contributed by atoms with Crippen LogP contribution in [0.2, 0.25) is 5.02 Å². The van der Waals surface area contributed by atoms with Crippen molar-refractivity contribution in [3.8, 4) is 5.75 Å². The number of carbonyl (C=O) groups excluding carboxylic acids is 1. The summed E-state index contributed by atoms with van der Waals surface area (Å²) < 4.78 is 5.47. The van der Waals surface area contributed by atoms with Crippen LogP contribution in [-0.4, -0.2) is 29.8 Å². The van der Waals surface area contributed by atoms with Crippen LogP contribution in [0.3, 0.4) is 0 Å². The fourth-order valence-electron chi connectivity index (χ4n) is 1.39. The van der Waals surface area contributed by atoms with Gasteiger partial charge in [0.2, 0.25) is 0 Å². The molecule has 0 bridgehead atoms. The van der Waals surface area contributed by atoms with Gasteiger partial charge in [-0.1, -0.05) is 24.6 Å². The van der Waals surface area contributed by atoms with Gasteiger partial charge in [0, 0.05) is 5.02 Å². The summed E-state index contributed by atoms with van der Waals surface area (Å²) in [6.07, 6.45) is 0.0376. The molecule has 0 saturated carbocycles. The lowest BCUT2D eigenvalue weighted by molar-refractivity contribution is -0.128. The fraction of sp³-hybridized carbons (Fsp3) is 0.462.